The summed E-state index contributed by atoms with van der Waals surface area (Å²) in [4.78, 5) is 37.8. The molecular formula is C23H26N4O4. The number of rotatable bonds is 5. The minimum absolute atomic E-state index is 0.242. The molecule has 1 N–H and O–H groups in total. The van der Waals surface area contributed by atoms with Gasteiger partial charge < -0.3 is 24.3 Å². The zero-order valence-corrected chi connectivity index (χ0v) is 18.2. The number of ether oxygens (including phenoxy) is 2. The van der Waals surface area contributed by atoms with E-state index >= 15 is 0 Å². The van der Waals surface area contributed by atoms with Crippen LogP contribution in [0.2, 0.25) is 0 Å². The predicted molar refractivity (Wildman–Crippen MR) is 118 cm³/mol. The zero-order valence-electron chi connectivity index (χ0n) is 18.2. The van der Waals surface area contributed by atoms with Gasteiger partial charge in [0, 0.05) is 49.5 Å². The number of aromatic amines is 1. The highest BCUT2D eigenvalue weighted by Crippen LogP contribution is 2.39. The molecule has 0 spiro atoms. The Morgan fingerprint density at radius 3 is 2.35 bits per heavy atom. The van der Waals surface area contributed by atoms with Gasteiger partial charge in [-0.15, -0.1) is 0 Å². The van der Waals surface area contributed by atoms with Crippen molar-refractivity contribution in [2.75, 3.05) is 45.3 Å². The SMILES string of the molecule is COc1cc(OC)c2c(C)c(C)[nH]c2c1C(=O)C(=O)N1CCN(c2ccccn2)CC1. The number of aryl methyl sites for hydroxylation is 2. The molecule has 162 valence electrons. The van der Waals surface area contributed by atoms with E-state index in [2.05, 4.69) is 14.9 Å². The van der Waals surface area contributed by atoms with Gasteiger partial charge in [-0.1, -0.05) is 6.07 Å². The minimum Gasteiger partial charge on any atom is -0.496 e. The normalized spacial score (nSPS) is 14.1. The molecule has 0 aliphatic carbocycles. The van der Waals surface area contributed by atoms with Crippen LogP contribution in [-0.4, -0.2) is 67.0 Å². The second-order valence-corrected chi connectivity index (χ2v) is 7.58. The number of fused-ring (bicyclic) bond motifs is 1. The molecule has 8 heteroatoms. The Balaban J connectivity index is 1.62. The fourth-order valence-electron chi connectivity index (χ4n) is 4.08. The first kappa shape index (κ1) is 20.7. The molecule has 0 unspecified atom stereocenters. The molecule has 3 heterocycles. The van der Waals surface area contributed by atoms with Gasteiger partial charge in [0.1, 0.15) is 17.3 Å². The highest BCUT2D eigenvalue weighted by Gasteiger charge is 2.32. The van der Waals surface area contributed by atoms with Crippen LogP contribution >= 0.6 is 0 Å². The van der Waals surface area contributed by atoms with Gasteiger partial charge in [-0.3, -0.25) is 9.59 Å². The van der Waals surface area contributed by atoms with Crippen LogP contribution in [0.4, 0.5) is 5.82 Å². The molecule has 1 aromatic carbocycles. The molecule has 0 atom stereocenters. The van der Waals surface area contributed by atoms with Crippen molar-refractivity contribution < 1.29 is 19.1 Å². The lowest BCUT2D eigenvalue weighted by Gasteiger charge is -2.35. The van der Waals surface area contributed by atoms with Crippen LogP contribution in [0.3, 0.4) is 0 Å². The summed E-state index contributed by atoms with van der Waals surface area (Å²) in [5.41, 5.74) is 2.69. The molecule has 0 bridgehead atoms. The van der Waals surface area contributed by atoms with Gasteiger partial charge in [-0.05, 0) is 31.5 Å². The molecule has 1 aliphatic heterocycles. The summed E-state index contributed by atoms with van der Waals surface area (Å²) in [6.07, 6.45) is 1.75. The minimum atomic E-state index is -0.586. The summed E-state index contributed by atoms with van der Waals surface area (Å²) in [5, 5.41) is 0.789. The molecule has 4 rings (SSSR count). The Morgan fingerprint density at radius 1 is 1.03 bits per heavy atom. The van der Waals surface area contributed by atoms with E-state index in [-0.39, 0.29) is 5.56 Å². The van der Waals surface area contributed by atoms with E-state index in [0.717, 1.165) is 22.5 Å². The largest absolute Gasteiger partial charge is 0.496 e. The van der Waals surface area contributed by atoms with E-state index in [4.69, 9.17) is 9.47 Å². The molecule has 1 saturated heterocycles. The topological polar surface area (TPSA) is 87.8 Å². The van der Waals surface area contributed by atoms with Crippen molar-refractivity contribution in [3.05, 3.63) is 47.3 Å². The third kappa shape index (κ3) is 3.58. The lowest BCUT2D eigenvalue weighted by atomic mass is 10.0. The van der Waals surface area contributed by atoms with Crippen LogP contribution in [-0.2, 0) is 4.79 Å². The Kier molecular flexibility index (Phi) is 5.54. The van der Waals surface area contributed by atoms with Crippen molar-refractivity contribution in [3.63, 3.8) is 0 Å². The Morgan fingerprint density at radius 2 is 1.74 bits per heavy atom. The standard InChI is InChI=1S/C23H26N4O4/c1-14-15(2)25-21-19(14)16(30-3)13-17(31-4)20(21)22(28)23(29)27-11-9-26(10-12-27)18-7-5-6-8-24-18/h5-8,13,25H,9-12H2,1-4H3. The van der Waals surface area contributed by atoms with Gasteiger partial charge in [0.15, 0.2) is 0 Å². The number of methoxy groups -OCH3 is 2. The highest BCUT2D eigenvalue weighted by atomic mass is 16.5. The summed E-state index contributed by atoms with van der Waals surface area (Å²) in [7, 11) is 3.06. The van der Waals surface area contributed by atoms with Crippen molar-refractivity contribution in [2.24, 2.45) is 0 Å². The fraction of sp³-hybridized carbons (Fsp3) is 0.348. The number of nitrogens with zero attached hydrogens (tertiary/aromatic N) is 3. The van der Waals surface area contributed by atoms with Crippen LogP contribution in [0.5, 0.6) is 11.5 Å². The van der Waals surface area contributed by atoms with Crippen molar-refractivity contribution in [3.8, 4) is 11.5 Å². The maximum absolute atomic E-state index is 13.4. The number of aromatic nitrogens is 2. The Bertz CT molecular complexity index is 1130. The molecule has 1 fully saturated rings. The number of carbonyl (C=O) groups is 2. The number of hydrogen-bond acceptors (Lipinski definition) is 6. The number of Topliss-reactive ketones (excluding diaryl/α,β-unsaturated/α-hetero) is 1. The third-order valence-electron chi connectivity index (χ3n) is 5.91. The summed E-state index contributed by atoms with van der Waals surface area (Å²) < 4.78 is 11.0. The second kappa shape index (κ2) is 8.29. The van der Waals surface area contributed by atoms with Gasteiger partial charge in [0.25, 0.3) is 11.7 Å². The monoisotopic (exact) mass is 422 g/mol. The van der Waals surface area contributed by atoms with E-state index < -0.39 is 11.7 Å². The Labute approximate surface area is 180 Å². The fourth-order valence-corrected chi connectivity index (χ4v) is 4.08. The maximum Gasteiger partial charge on any atom is 0.295 e. The molecule has 0 saturated carbocycles. The first-order valence-electron chi connectivity index (χ1n) is 10.2. The maximum atomic E-state index is 13.4. The average Bonchev–Trinajstić information content (AvgIpc) is 3.11. The number of amides is 1. The highest BCUT2D eigenvalue weighted by molar-refractivity contribution is 6.45. The third-order valence-corrected chi connectivity index (χ3v) is 5.91. The summed E-state index contributed by atoms with van der Waals surface area (Å²) in [5.74, 6) is 0.668. The number of H-pyrrole nitrogens is 1. The molecule has 0 radical (unpaired) electrons. The summed E-state index contributed by atoms with van der Waals surface area (Å²) in [6, 6.07) is 7.42. The molecule has 8 nitrogen and oxygen atoms in total. The van der Waals surface area contributed by atoms with Crippen LogP contribution in [0, 0.1) is 13.8 Å². The van der Waals surface area contributed by atoms with Gasteiger partial charge in [0.2, 0.25) is 0 Å². The van der Waals surface area contributed by atoms with Crippen molar-refractivity contribution in [2.45, 2.75) is 13.8 Å². The smallest absolute Gasteiger partial charge is 0.295 e. The molecule has 2 aromatic heterocycles. The zero-order chi connectivity index (χ0) is 22.1. The molecule has 31 heavy (non-hydrogen) atoms. The number of carbonyl (C=O) groups excluding carboxylic acids is 2. The number of anilines is 1. The van der Waals surface area contributed by atoms with Crippen LogP contribution in [0.25, 0.3) is 10.9 Å². The van der Waals surface area contributed by atoms with Crippen molar-refractivity contribution in [1.29, 1.82) is 0 Å². The van der Waals surface area contributed by atoms with E-state index in [9.17, 15) is 9.59 Å². The molecule has 3 aromatic rings. The van der Waals surface area contributed by atoms with E-state index in [0.29, 0.717) is 43.2 Å². The first-order valence-corrected chi connectivity index (χ1v) is 10.2. The number of hydrogen-bond donors (Lipinski definition) is 1. The van der Waals surface area contributed by atoms with E-state index in [1.54, 1.807) is 24.3 Å². The Hall–Kier alpha value is -3.55. The van der Waals surface area contributed by atoms with E-state index in [1.165, 1.54) is 7.11 Å². The average molecular weight is 422 g/mol. The predicted octanol–water partition coefficient (Wildman–Crippen LogP) is 2.73. The number of ketones is 1. The van der Waals surface area contributed by atoms with Gasteiger partial charge in [-0.2, -0.15) is 0 Å². The van der Waals surface area contributed by atoms with E-state index in [1.807, 2.05) is 32.0 Å². The number of benzene rings is 1. The van der Waals surface area contributed by atoms with Gasteiger partial charge in [-0.25, -0.2) is 4.98 Å². The lowest BCUT2D eigenvalue weighted by molar-refractivity contribution is -0.126. The molecular weight excluding hydrogens is 396 g/mol. The van der Waals surface area contributed by atoms with Crippen molar-refractivity contribution >= 4 is 28.4 Å². The van der Waals surface area contributed by atoms with Gasteiger partial charge >= 0.3 is 0 Å². The lowest BCUT2D eigenvalue weighted by Crippen LogP contribution is -2.50. The number of nitrogens with one attached hydrogen (secondary N) is 1. The summed E-state index contributed by atoms with van der Waals surface area (Å²) in [6.45, 7) is 6.01. The quantitative estimate of drug-likeness (QED) is 0.503. The number of piperazine rings is 1. The second-order valence-electron chi connectivity index (χ2n) is 7.58. The number of pyridine rings is 1. The first-order chi connectivity index (χ1) is 15.0. The summed E-state index contributed by atoms with van der Waals surface area (Å²) >= 11 is 0. The van der Waals surface area contributed by atoms with Crippen LogP contribution in [0.1, 0.15) is 21.6 Å². The molecule has 1 amide bonds. The van der Waals surface area contributed by atoms with Crippen LogP contribution < -0.4 is 14.4 Å². The van der Waals surface area contributed by atoms with Crippen molar-refractivity contribution in [1.82, 2.24) is 14.9 Å². The van der Waals surface area contributed by atoms with Gasteiger partial charge in [0.05, 0.1) is 25.3 Å². The van der Waals surface area contributed by atoms with Crippen LogP contribution in [0.15, 0.2) is 30.5 Å². The molecule has 1 aliphatic rings.